The molecule has 2 fully saturated rings. The molecular weight excluding hydrogens is 330 g/mol. The van der Waals surface area contributed by atoms with Gasteiger partial charge in [-0.15, -0.1) is 0 Å². The van der Waals surface area contributed by atoms with Crippen LogP contribution in [0.2, 0.25) is 0 Å². The Kier molecular flexibility index (Phi) is 4.91. The van der Waals surface area contributed by atoms with E-state index < -0.39 is 0 Å². The number of nitrogens with zero attached hydrogens (tertiary/aromatic N) is 3. The molecule has 3 rings (SSSR count). The van der Waals surface area contributed by atoms with E-state index in [9.17, 15) is 4.79 Å². The van der Waals surface area contributed by atoms with Crippen molar-refractivity contribution in [3.63, 3.8) is 0 Å². The molecule has 0 radical (unpaired) electrons. The summed E-state index contributed by atoms with van der Waals surface area (Å²) in [5.74, 6) is 0.104. The fourth-order valence-electron chi connectivity index (χ4n) is 3.43. The van der Waals surface area contributed by atoms with E-state index >= 15 is 0 Å². The molecule has 1 aromatic heterocycles. The summed E-state index contributed by atoms with van der Waals surface area (Å²) < 4.78 is 0.646. The van der Waals surface area contributed by atoms with Gasteiger partial charge in [0.25, 0.3) is 5.91 Å². The first-order valence-corrected chi connectivity index (χ1v) is 8.69. The molecule has 2 aliphatic rings. The van der Waals surface area contributed by atoms with Crippen LogP contribution in [0.4, 0.5) is 0 Å². The van der Waals surface area contributed by atoms with E-state index in [4.69, 9.17) is 0 Å². The molecule has 5 heteroatoms. The van der Waals surface area contributed by atoms with E-state index in [0.29, 0.717) is 16.2 Å². The lowest BCUT2D eigenvalue weighted by Crippen LogP contribution is -2.48. The van der Waals surface area contributed by atoms with Crippen LogP contribution in [-0.2, 0) is 0 Å². The normalized spacial score (nSPS) is 21.5. The van der Waals surface area contributed by atoms with Crippen LogP contribution in [0.5, 0.6) is 0 Å². The molecule has 0 spiro atoms. The first kappa shape index (κ1) is 15.0. The highest BCUT2D eigenvalue weighted by Crippen LogP contribution is 2.23. The second kappa shape index (κ2) is 6.88. The molecule has 1 amide bonds. The molecule has 1 aromatic rings. The van der Waals surface area contributed by atoms with Crippen LogP contribution in [0.3, 0.4) is 0 Å². The van der Waals surface area contributed by atoms with Crippen molar-refractivity contribution in [3.05, 3.63) is 28.5 Å². The Morgan fingerprint density at radius 2 is 1.86 bits per heavy atom. The Bertz CT molecular complexity index is 494. The third-order valence-corrected chi connectivity index (χ3v) is 5.28. The Balaban J connectivity index is 1.58. The monoisotopic (exact) mass is 351 g/mol. The third kappa shape index (κ3) is 3.46. The van der Waals surface area contributed by atoms with Crippen LogP contribution in [0.15, 0.2) is 22.9 Å². The van der Waals surface area contributed by atoms with E-state index in [1.165, 1.54) is 32.4 Å². The SMILES string of the molecule is O=C(c1cccnc1Br)N1CCC(N2CCCCC2)CC1. The predicted molar refractivity (Wildman–Crippen MR) is 86.3 cm³/mol. The fraction of sp³-hybridized carbons (Fsp3) is 0.625. The maximum atomic E-state index is 12.5. The molecule has 0 unspecified atom stereocenters. The quantitative estimate of drug-likeness (QED) is 0.768. The van der Waals surface area contributed by atoms with Crippen LogP contribution in [0.25, 0.3) is 0 Å². The number of amides is 1. The fourth-order valence-corrected chi connectivity index (χ4v) is 3.85. The Hall–Kier alpha value is -0.940. The van der Waals surface area contributed by atoms with Gasteiger partial charge in [0.2, 0.25) is 0 Å². The number of likely N-dealkylation sites (tertiary alicyclic amines) is 2. The second-order valence-electron chi connectivity index (χ2n) is 5.96. The number of rotatable bonds is 2. The van der Waals surface area contributed by atoms with Gasteiger partial charge in [0.1, 0.15) is 4.60 Å². The Morgan fingerprint density at radius 3 is 2.52 bits per heavy atom. The molecule has 0 N–H and O–H groups in total. The standard InChI is InChI=1S/C16H22BrN3O/c17-15-14(5-4-8-18-15)16(21)20-11-6-13(7-12-20)19-9-2-1-3-10-19/h4-5,8,13H,1-3,6-7,9-12H2. The minimum absolute atomic E-state index is 0.104. The number of hydrogen-bond acceptors (Lipinski definition) is 3. The van der Waals surface area contributed by atoms with Crippen molar-refractivity contribution in [2.45, 2.75) is 38.1 Å². The van der Waals surface area contributed by atoms with E-state index in [0.717, 1.165) is 25.9 Å². The maximum Gasteiger partial charge on any atom is 0.256 e. The lowest BCUT2D eigenvalue weighted by atomic mass is 9.99. The van der Waals surface area contributed by atoms with E-state index in [-0.39, 0.29) is 5.91 Å². The summed E-state index contributed by atoms with van der Waals surface area (Å²) in [5.41, 5.74) is 0.675. The predicted octanol–water partition coefficient (Wildman–Crippen LogP) is 2.93. The average molecular weight is 352 g/mol. The highest BCUT2D eigenvalue weighted by atomic mass is 79.9. The smallest absolute Gasteiger partial charge is 0.256 e. The van der Waals surface area contributed by atoms with Crippen molar-refractivity contribution < 1.29 is 4.79 Å². The van der Waals surface area contributed by atoms with Crippen LogP contribution in [0.1, 0.15) is 42.5 Å². The topological polar surface area (TPSA) is 36.4 Å². The van der Waals surface area contributed by atoms with E-state index in [1.54, 1.807) is 6.20 Å². The Labute approximate surface area is 134 Å². The summed E-state index contributed by atoms with van der Waals surface area (Å²) in [7, 11) is 0. The molecule has 0 saturated carbocycles. The van der Waals surface area contributed by atoms with Gasteiger partial charge < -0.3 is 9.80 Å². The van der Waals surface area contributed by atoms with Gasteiger partial charge in [-0.1, -0.05) is 6.42 Å². The lowest BCUT2D eigenvalue weighted by molar-refractivity contribution is 0.0588. The summed E-state index contributed by atoms with van der Waals surface area (Å²) in [5, 5.41) is 0. The summed E-state index contributed by atoms with van der Waals surface area (Å²) in [6.07, 6.45) is 7.95. The van der Waals surface area contributed by atoms with Crippen molar-refractivity contribution in [3.8, 4) is 0 Å². The zero-order valence-electron chi connectivity index (χ0n) is 12.3. The highest BCUT2D eigenvalue weighted by Gasteiger charge is 2.28. The summed E-state index contributed by atoms with van der Waals surface area (Å²) in [6.45, 7) is 4.21. The molecule has 3 heterocycles. The molecule has 2 aliphatic heterocycles. The van der Waals surface area contributed by atoms with Gasteiger partial charge in [-0.3, -0.25) is 4.79 Å². The molecule has 4 nitrogen and oxygen atoms in total. The maximum absolute atomic E-state index is 12.5. The lowest BCUT2D eigenvalue weighted by Gasteiger charge is -2.40. The molecule has 0 aromatic carbocycles. The highest BCUT2D eigenvalue weighted by molar-refractivity contribution is 9.10. The van der Waals surface area contributed by atoms with Crippen LogP contribution >= 0.6 is 15.9 Å². The number of pyridine rings is 1. The number of carbonyl (C=O) groups is 1. The summed E-state index contributed by atoms with van der Waals surface area (Å²) in [6, 6.07) is 4.33. The average Bonchev–Trinajstić information content (AvgIpc) is 2.56. The molecule has 2 saturated heterocycles. The van der Waals surface area contributed by atoms with Gasteiger partial charge in [-0.25, -0.2) is 4.98 Å². The van der Waals surface area contributed by atoms with Crippen LogP contribution in [0, 0.1) is 0 Å². The third-order valence-electron chi connectivity index (χ3n) is 4.65. The first-order valence-electron chi connectivity index (χ1n) is 7.89. The number of hydrogen-bond donors (Lipinski definition) is 0. The molecule has 0 atom stereocenters. The number of piperidine rings is 2. The number of aromatic nitrogens is 1. The number of halogens is 1. The van der Waals surface area contributed by atoms with E-state index in [2.05, 4.69) is 25.8 Å². The number of carbonyl (C=O) groups excluding carboxylic acids is 1. The van der Waals surface area contributed by atoms with Crippen LogP contribution in [-0.4, -0.2) is 52.9 Å². The minimum Gasteiger partial charge on any atom is -0.338 e. The molecule has 0 aliphatic carbocycles. The molecule has 0 bridgehead atoms. The van der Waals surface area contributed by atoms with Crippen molar-refractivity contribution in [2.24, 2.45) is 0 Å². The second-order valence-corrected chi connectivity index (χ2v) is 6.71. The van der Waals surface area contributed by atoms with Crippen molar-refractivity contribution >= 4 is 21.8 Å². The van der Waals surface area contributed by atoms with Gasteiger partial charge in [0, 0.05) is 25.3 Å². The van der Waals surface area contributed by atoms with E-state index in [1.807, 2.05) is 17.0 Å². The van der Waals surface area contributed by atoms with Gasteiger partial charge in [0.15, 0.2) is 0 Å². The summed E-state index contributed by atoms with van der Waals surface area (Å²) >= 11 is 3.37. The van der Waals surface area contributed by atoms with Gasteiger partial charge in [-0.05, 0) is 66.8 Å². The van der Waals surface area contributed by atoms with Gasteiger partial charge >= 0.3 is 0 Å². The Morgan fingerprint density at radius 1 is 1.14 bits per heavy atom. The zero-order chi connectivity index (χ0) is 14.7. The van der Waals surface area contributed by atoms with Crippen molar-refractivity contribution in [1.29, 1.82) is 0 Å². The van der Waals surface area contributed by atoms with Gasteiger partial charge in [-0.2, -0.15) is 0 Å². The van der Waals surface area contributed by atoms with Gasteiger partial charge in [0.05, 0.1) is 5.56 Å². The van der Waals surface area contributed by atoms with Crippen molar-refractivity contribution in [2.75, 3.05) is 26.2 Å². The summed E-state index contributed by atoms with van der Waals surface area (Å²) in [4.78, 5) is 21.3. The molecule has 21 heavy (non-hydrogen) atoms. The first-order chi connectivity index (χ1) is 10.3. The largest absolute Gasteiger partial charge is 0.338 e. The zero-order valence-corrected chi connectivity index (χ0v) is 13.9. The minimum atomic E-state index is 0.104. The van der Waals surface area contributed by atoms with Crippen LogP contribution < -0.4 is 0 Å². The molecule has 114 valence electrons. The molecular formula is C16H22BrN3O. The van der Waals surface area contributed by atoms with Crippen molar-refractivity contribution in [1.82, 2.24) is 14.8 Å².